The van der Waals surface area contributed by atoms with Crippen molar-refractivity contribution < 1.29 is 8.83 Å². The van der Waals surface area contributed by atoms with E-state index in [1.54, 1.807) is 0 Å². The summed E-state index contributed by atoms with van der Waals surface area (Å²) in [7, 11) is 0. The van der Waals surface area contributed by atoms with Crippen molar-refractivity contribution in [2.45, 2.75) is 19.3 Å². The highest BCUT2D eigenvalue weighted by atomic mass is 16.3. The molecule has 11 aromatic rings. The third kappa shape index (κ3) is 3.87. The Morgan fingerprint density at radius 2 is 0.849 bits per heavy atom. The molecule has 9 aromatic carbocycles. The van der Waals surface area contributed by atoms with E-state index in [0.717, 1.165) is 44.1 Å². The largest absolute Gasteiger partial charge is 0.456 e. The molecule has 0 N–H and O–H groups in total. The van der Waals surface area contributed by atoms with Gasteiger partial charge in [-0.1, -0.05) is 129 Å². The summed E-state index contributed by atoms with van der Waals surface area (Å²) < 4.78 is 12.7. The fourth-order valence-corrected chi connectivity index (χ4v) is 9.57. The average Bonchev–Trinajstić information content (AvgIpc) is 3.82. The summed E-state index contributed by atoms with van der Waals surface area (Å²) in [5.74, 6) is 0. The second-order valence-electron chi connectivity index (χ2n) is 15.2. The summed E-state index contributed by atoms with van der Waals surface area (Å²) in [6.45, 7) is 4.76. The van der Waals surface area contributed by atoms with Gasteiger partial charge in [-0.25, -0.2) is 0 Å². The van der Waals surface area contributed by atoms with Crippen LogP contribution in [-0.2, 0) is 5.41 Å². The van der Waals surface area contributed by atoms with Gasteiger partial charge in [0.1, 0.15) is 22.3 Å². The van der Waals surface area contributed by atoms with Crippen LogP contribution in [0.1, 0.15) is 25.0 Å². The zero-order chi connectivity index (χ0) is 35.0. The van der Waals surface area contributed by atoms with Crippen molar-refractivity contribution in [3.05, 3.63) is 169 Å². The quantitative estimate of drug-likeness (QED) is 0.170. The molecule has 53 heavy (non-hydrogen) atoms. The third-order valence-corrected chi connectivity index (χ3v) is 12.0. The molecule has 0 aliphatic heterocycles. The van der Waals surface area contributed by atoms with Crippen LogP contribution < -0.4 is 0 Å². The molecule has 2 nitrogen and oxygen atoms in total. The summed E-state index contributed by atoms with van der Waals surface area (Å²) >= 11 is 0. The molecule has 0 amide bonds. The van der Waals surface area contributed by atoms with E-state index in [1.165, 1.54) is 76.6 Å². The van der Waals surface area contributed by atoms with Gasteiger partial charge in [0.25, 0.3) is 0 Å². The smallest absolute Gasteiger partial charge is 0.136 e. The first-order valence-corrected chi connectivity index (χ1v) is 18.4. The fourth-order valence-electron chi connectivity index (χ4n) is 9.57. The Hall–Kier alpha value is -6.64. The molecule has 2 heteroatoms. The lowest BCUT2D eigenvalue weighted by atomic mass is 9.80. The highest BCUT2D eigenvalue weighted by Crippen LogP contribution is 2.54. The molecular weight excluding hydrogens is 645 g/mol. The standard InChI is InChI=1S/C51H32O2/c1-51(2)42-24-21-29-26-47-41(33-12-8-10-18-45(33)53-47)28-40(29)50(42)39-23-20-30(25-43(39)51)48-35-13-3-5-15-37(35)49(38-16-6-4-14-36(38)48)31-19-22-34-32-11-7-9-17-44(32)52-46(34)27-31/h3-28H,1-2H3. The summed E-state index contributed by atoms with van der Waals surface area (Å²) in [5.41, 5.74) is 13.8. The molecule has 0 atom stereocenters. The number of hydrogen-bond donors (Lipinski definition) is 0. The lowest BCUT2D eigenvalue weighted by molar-refractivity contribution is 0.661. The number of para-hydroxylation sites is 2. The van der Waals surface area contributed by atoms with E-state index in [9.17, 15) is 0 Å². The molecule has 0 saturated carbocycles. The van der Waals surface area contributed by atoms with Crippen LogP contribution in [0.5, 0.6) is 0 Å². The Kier molecular flexibility index (Phi) is 5.60. The van der Waals surface area contributed by atoms with Crippen LogP contribution in [-0.4, -0.2) is 0 Å². The zero-order valence-corrected chi connectivity index (χ0v) is 29.3. The first-order valence-electron chi connectivity index (χ1n) is 18.4. The number of benzene rings is 9. The van der Waals surface area contributed by atoms with Gasteiger partial charge in [0.2, 0.25) is 0 Å². The van der Waals surface area contributed by atoms with E-state index in [0.29, 0.717) is 0 Å². The number of rotatable bonds is 2. The Balaban J connectivity index is 1.09. The molecule has 0 radical (unpaired) electrons. The first-order chi connectivity index (χ1) is 26.0. The molecule has 0 fully saturated rings. The normalized spacial score (nSPS) is 13.6. The molecule has 0 spiro atoms. The molecule has 1 aliphatic carbocycles. The Labute approximate surface area is 305 Å². The number of fused-ring (bicyclic) bond motifs is 13. The Bertz CT molecular complexity index is 3310. The Morgan fingerprint density at radius 3 is 1.49 bits per heavy atom. The molecule has 0 saturated heterocycles. The second kappa shape index (κ2) is 10.2. The van der Waals surface area contributed by atoms with E-state index < -0.39 is 0 Å². The molecule has 0 unspecified atom stereocenters. The highest BCUT2D eigenvalue weighted by Gasteiger charge is 2.37. The maximum absolute atomic E-state index is 6.38. The van der Waals surface area contributed by atoms with Crippen LogP contribution in [0.15, 0.2) is 167 Å². The van der Waals surface area contributed by atoms with Crippen LogP contribution in [0.2, 0.25) is 0 Å². The molecule has 0 bridgehead atoms. The van der Waals surface area contributed by atoms with Crippen LogP contribution >= 0.6 is 0 Å². The SMILES string of the molecule is CC1(C)c2cc(-c3c4ccccc4c(-c4ccc5c(c4)oc4ccccc45)c4ccccc34)ccc2-c2c1ccc1cc3oc4ccccc4c3cc21. The third-order valence-electron chi connectivity index (χ3n) is 12.0. The molecule has 2 aromatic heterocycles. The minimum absolute atomic E-state index is 0.171. The number of furan rings is 2. The van der Waals surface area contributed by atoms with Crippen molar-refractivity contribution in [1.82, 2.24) is 0 Å². The highest BCUT2D eigenvalue weighted by molar-refractivity contribution is 6.22. The van der Waals surface area contributed by atoms with Crippen molar-refractivity contribution in [1.29, 1.82) is 0 Å². The summed E-state index contributed by atoms with van der Waals surface area (Å²) in [5, 5.41) is 12.1. The predicted octanol–water partition coefficient (Wildman–Crippen LogP) is 14.6. The average molecular weight is 677 g/mol. The van der Waals surface area contributed by atoms with Crippen LogP contribution in [0, 0.1) is 0 Å². The first kappa shape index (κ1) is 29.0. The van der Waals surface area contributed by atoms with Crippen molar-refractivity contribution in [2.75, 3.05) is 0 Å². The van der Waals surface area contributed by atoms with Gasteiger partial charge in [-0.15, -0.1) is 0 Å². The van der Waals surface area contributed by atoms with Crippen LogP contribution in [0.25, 0.3) is 110 Å². The van der Waals surface area contributed by atoms with E-state index >= 15 is 0 Å². The molecular formula is C51H32O2. The van der Waals surface area contributed by atoms with Crippen molar-refractivity contribution in [2.24, 2.45) is 0 Å². The van der Waals surface area contributed by atoms with Gasteiger partial charge in [0.05, 0.1) is 0 Å². The molecule has 248 valence electrons. The maximum atomic E-state index is 6.38. The van der Waals surface area contributed by atoms with Gasteiger partial charge in [-0.2, -0.15) is 0 Å². The van der Waals surface area contributed by atoms with E-state index in [2.05, 4.69) is 153 Å². The van der Waals surface area contributed by atoms with Gasteiger partial charge in [0.15, 0.2) is 0 Å². The molecule has 12 rings (SSSR count). The second-order valence-corrected chi connectivity index (χ2v) is 15.2. The van der Waals surface area contributed by atoms with Gasteiger partial charge >= 0.3 is 0 Å². The zero-order valence-electron chi connectivity index (χ0n) is 29.3. The van der Waals surface area contributed by atoms with Crippen LogP contribution in [0.4, 0.5) is 0 Å². The maximum Gasteiger partial charge on any atom is 0.136 e. The predicted molar refractivity (Wildman–Crippen MR) is 222 cm³/mol. The van der Waals surface area contributed by atoms with Gasteiger partial charge in [-0.3, -0.25) is 0 Å². The van der Waals surface area contributed by atoms with Crippen LogP contribution in [0.3, 0.4) is 0 Å². The lowest BCUT2D eigenvalue weighted by Crippen LogP contribution is -2.15. The van der Waals surface area contributed by atoms with E-state index in [1.807, 2.05) is 18.2 Å². The van der Waals surface area contributed by atoms with Crippen molar-refractivity contribution >= 4 is 76.2 Å². The monoisotopic (exact) mass is 676 g/mol. The van der Waals surface area contributed by atoms with Crippen molar-refractivity contribution in [3.8, 4) is 33.4 Å². The summed E-state index contributed by atoms with van der Waals surface area (Å²) in [4.78, 5) is 0. The van der Waals surface area contributed by atoms with E-state index in [-0.39, 0.29) is 5.41 Å². The minimum Gasteiger partial charge on any atom is -0.456 e. The summed E-state index contributed by atoms with van der Waals surface area (Å²) in [6, 6.07) is 57.6. The van der Waals surface area contributed by atoms with Gasteiger partial charge in [-0.05, 0) is 119 Å². The van der Waals surface area contributed by atoms with Crippen molar-refractivity contribution in [3.63, 3.8) is 0 Å². The summed E-state index contributed by atoms with van der Waals surface area (Å²) in [6.07, 6.45) is 0. The Morgan fingerprint density at radius 1 is 0.340 bits per heavy atom. The topological polar surface area (TPSA) is 26.3 Å². The van der Waals surface area contributed by atoms with E-state index in [4.69, 9.17) is 8.83 Å². The minimum atomic E-state index is -0.171. The molecule has 2 heterocycles. The van der Waals surface area contributed by atoms with Gasteiger partial charge in [0, 0.05) is 27.0 Å². The fraction of sp³-hybridized carbons (Fsp3) is 0.0588. The lowest BCUT2D eigenvalue weighted by Gasteiger charge is -2.23. The van der Waals surface area contributed by atoms with Gasteiger partial charge < -0.3 is 8.83 Å². The number of hydrogen-bond acceptors (Lipinski definition) is 2. The molecule has 1 aliphatic rings.